The number of benzene rings is 2. The molecule has 9 nitrogen and oxygen atoms in total. The molecule has 0 fully saturated rings. The van der Waals surface area contributed by atoms with Crippen LogP contribution in [0, 0.1) is 0 Å². The predicted molar refractivity (Wildman–Crippen MR) is 120 cm³/mol. The van der Waals surface area contributed by atoms with Crippen LogP contribution in [0.3, 0.4) is 0 Å². The lowest BCUT2D eigenvalue weighted by Crippen LogP contribution is -2.17. The van der Waals surface area contributed by atoms with Gasteiger partial charge in [-0.05, 0) is 48.9 Å². The van der Waals surface area contributed by atoms with E-state index in [1.54, 1.807) is 30.5 Å². The number of rotatable bonds is 9. The van der Waals surface area contributed by atoms with Gasteiger partial charge in [-0.3, -0.25) is 4.79 Å². The van der Waals surface area contributed by atoms with Gasteiger partial charge in [-0.2, -0.15) is 5.10 Å². The summed E-state index contributed by atoms with van der Waals surface area (Å²) in [6.07, 6.45) is 1.62. The number of para-hydroxylation sites is 1. The van der Waals surface area contributed by atoms with Gasteiger partial charge in [0.05, 0.1) is 29.3 Å². The van der Waals surface area contributed by atoms with Crippen molar-refractivity contribution in [2.24, 2.45) is 5.10 Å². The normalized spacial score (nSPS) is 10.9. The highest BCUT2D eigenvalue weighted by Crippen LogP contribution is 2.22. The van der Waals surface area contributed by atoms with E-state index in [9.17, 15) is 4.79 Å². The Labute approximate surface area is 182 Å². The first-order valence-electron chi connectivity index (χ1n) is 8.96. The number of hydrazone groups is 1. The van der Waals surface area contributed by atoms with Gasteiger partial charge in [-0.1, -0.05) is 35.5 Å². The number of hydrogen-bond acceptors (Lipinski definition) is 8. The summed E-state index contributed by atoms with van der Waals surface area (Å²) in [5.74, 6) is 6.86. The summed E-state index contributed by atoms with van der Waals surface area (Å²) in [7, 11) is 0. The minimum Gasteiger partial charge on any atom is -0.494 e. The quantitative estimate of drug-likeness (QED) is 0.200. The zero-order valence-electron chi connectivity index (χ0n) is 16.1. The third-order valence-electron chi connectivity index (χ3n) is 3.71. The molecule has 0 saturated carbocycles. The molecule has 0 saturated heterocycles. The number of halogens is 1. The molecular formula is C19H20ClN7O2S. The largest absolute Gasteiger partial charge is 0.494 e. The van der Waals surface area contributed by atoms with E-state index in [2.05, 4.69) is 26.0 Å². The van der Waals surface area contributed by atoms with Gasteiger partial charge in [-0.25, -0.2) is 10.1 Å². The standard InChI is InChI=1S/C19H20ClN7O2S/c1-2-29-14-9-7-13(8-10-14)11-22-24-18-25-26-19(27(18)21)30-12-17(28)23-16-6-4-3-5-15(16)20/h3-11H,2,12,21H2,1H3,(H,23,28)(H,24,25)/b22-11+. The van der Waals surface area contributed by atoms with Crippen LogP contribution in [0.15, 0.2) is 58.8 Å². The maximum Gasteiger partial charge on any atom is 0.264 e. The van der Waals surface area contributed by atoms with Gasteiger partial charge in [-0.15, -0.1) is 10.2 Å². The summed E-state index contributed by atoms with van der Waals surface area (Å²) in [5, 5.41) is 15.6. The first kappa shape index (κ1) is 21.5. The Morgan fingerprint density at radius 1 is 1.27 bits per heavy atom. The predicted octanol–water partition coefficient (Wildman–Crippen LogP) is 3.22. The van der Waals surface area contributed by atoms with Crippen molar-refractivity contribution in [1.82, 2.24) is 14.9 Å². The molecule has 0 aliphatic carbocycles. The molecular weight excluding hydrogens is 426 g/mol. The van der Waals surface area contributed by atoms with Crippen molar-refractivity contribution in [3.63, 3.8) is 0 Å². The molecule has 0 radical (unpaired) electrons. The van der Waals surface area contributed by atoms with E-state index in [1.807, 2.05) is 31.2 Å². The van der Waals surface area contributed by atoms with Gasteiger partial charge in [0.2, 0.25) is 11.1 Å². The van der Waals surface area contributed by atoms with Crippen LogP contribution in [0.2, 0.25) is 5.02 Å². The third kappa shape index (κ3) is 5.88. The van der Waals surface area contributed by atoms with Gasteiger partial charge < -0.3 is 15.9 Å². The number of amides is 1. The van der Waals surface area contributed by atoms with Crippen LogP contribution in [-0.2, 0) is 4.79 Å². The SMILES string of the molecule is CCOc1ccc(/C=N/Nc2nnc(SCC(=O)Nc3ccccc3Cl)n2N)cc1. The third-order valence-corrected chi connectivity index (χ3v) is 4.99. The lowest BCUT2D eigenvalue weighted by molar-refractivity contribution is -0.113. The highest BCUT2D eigenvalue weighted by Gasteiger charge is 2.12. The Morgan fingerprint density at radius 2 is 2.03 bits per heavy atom. The fourth-order valence-corrected chi connectivity index (χ4v) is 3.15. The van der Waals surface area contributed by atoms with Gasteiger partial charge >= 0.3 is 0 Å². The lowest BCUT2D eigenvalue weighted by atomic mass is 10.2. The van der Waals surface area contributed by atoms with Gasteiger partial charge in [0, 0.05) is 0 Å². The van der Waals surface area contributed by atoms with Crippen molar-refractivity contribution < 1.29 is 9.53 Å². The average Bonchev–Trinajstić information content (AvgIpc) is 3.09. The fraction of sp³-hybridized carbons (Fsp3) is 0.158. The molecule has 0 atom stereocenters. The number of nitrogens with zero attached hydrogens (tertiary/aromatic N) is 4. The molecule has 1 amide bonds. The highest BCUT2D eigenvalue weighted by molar-refractivity contribution is 7.99. The van der Waals surface area contributed by atoms with Crippen molar-refractivity contribution >= 4 is 47.1 Å². The van der Waals surface area contributed by atoms with E-state index in [0.717, 1.165) is 23.1 Å². The zero-order chi connectivity index (χ0) is 21.3. The molecule has 0 aliphatic heterocycles. The Morgan fingerprint density at radius 3 is 2.77 bits per heavy atom. The van der Waals surface area contributed by atoms with Crippen LogP contribution in [0.1, 0.15) is 12.5 Å². The Bertz CT molecular complexity index is 1020. The number of nitrogen functional groups attached to an aromatic ring is 1. The Balaban J connectivity index is 1.51. The van der Waals surface area contributed by atoms with Crippen molar-refractivity contribution in [3.05, 3.63) is 59.1 Å². The molecule has 156 valence electrons. The van der Waals surface area contributed by atoms with Gasteiger partial charge in [0.25, 0.3) is 5.95 Å². The smallest absolute Gasteiger partial charge is 0.264 e. The van der Waals surface area contributed by atoms with Crippen LogP contribution in [0.5, 0.6) is 5.75 Å². The minimum atomic E-state index is -0.237. The number of aromatic nitrogens is 3. The Hall–Kier alpha value is -3.24. The molecule has 3 aromatic rings. The number of nitrogens with one attached hydrogen (secondary N) is 2. The van der Waals surface area contributed by atoms with Crippen molar-refractivity contribution in [1.29, 1.82) is 0 Å². The fourth-order valence-electron chi connectivity index (χ4n) is 2.31. The number of ether oxygens (including phenoxy) is 1. The summed E-state index contributed by atoms with van der Waals surface area (Å²) in [6.45, 7) is 2.54. The second-order valence-corrected chi connectivity index (χ2v) is 7.21. The summed E-state index contributed by atoms with van der Waals surface area (Å²) < 4.78 is 6.62. The summed E-state index contributed by atoms with van der Waals surface area (Å²) in [4.78, 5) is 12.1. The first-order valence-corrected chi connectivity index (χ1v) is 10.3. The van der Waals surface area contributed by atoms with E-state index in [4.69, 9.17) is 22.2 Å². The molecule has 1 heterocycles. The Kier molecular flexibility index (Phi) is 7.52. The van der Waals surface area contributed by atoms with Crippen LogP contribution in [0.25, 0.3) is 0 Å². The molecule has 0 aliphatic rings. The molecule has 2 aromatic carbocycles. The van der Waals surface area contributed by atoms with E-state index >= 15 is 0 Å². The second kappa shape index (κ2) is 10.5. The molecule has 0 spiro atoms. The molecule has 3 rings (SSSR count). The van der Waals surface area contributed by atoms with Crippen molar-refractivity contribution in [2.45, 2.75) is 12.1 Å². The molecule has 0 bridgehead atoms. The summed E-state index contributed by atoms with van der Waals surface area (Å²) in [5.41, 5.74) is 4.15. The van der Waals surface area contributed by atoms with E-state index < -0.39 is 0 Å². The monoisotopic (exact) mass is 445 g/mol. The summed E-state index contributed by atoms with van der Waals surface area (Å²) >= 11 is 7.17. The first-order chi connectivity index (χ1) is 14.6. The van der Waals surface area contributed by atoms with E-state index in [0.29, 0.717) is 22.5 Å². The van der Waals surface area contributed by atoms with Crippen LogP contribution in [0.4, 0.5) is 11.6 Å². The van der Waals surface area contributed by atoms with Crippen LogP contribution >= 0.6 is 23.4 Å². The molecule has 4 N–H and O–H groups in total. The van der Waals surface area contributed by atoms with E-state index in [1.165, 1.54) is 4.68 Å². The molecule has 30 heavy (non-hydrogen) atoms. The molecule has 0 unspecified atom stereocenters. The molecule has 11 heteroatoms. The van der Waals surface area contributed by atoms with Crippen molar-refractivity contribution in [2.75, 3.05) is 28.9 Å². The minimum absolute atomic E-state index is 0.0933. The zero-order valence-corrected chi connectivity index (χ0v) is 17.7. The van der Waals surface area contributed by atoms with E-state index in [-0.39, 0.29) is 17.6 Å². The van der Waals surface area contributed by atoms with Crippen LogP contribution in [-0.4, -0.2) is 39.4 Å². The maximum absolute atomic E-state index is 12.1. The van der Waals surface area contributed by atoms with Gasteiger partial charge in [0.1, 0.15) is 5.75 Å². The number of nitrogens with two attached hydrogens (primary N) is 1. The van der Waals surface area contributed by atoms with Gasteiger partial charge in [0.15, 0.2) is 0 Å². The molecule has 1 aromatic heterocycles. The number of carbonyl (C=O) groups is 1. The van der Waals surface area contributed by atoms with Crippen molar-refractivity contribution in [3.8, 4) is 5.75 Å². The summed E-state index contributed by atoms with van der Waals surface area (Å²) in [6, 6.07) is 14.5. The number of hydrogen-bond donors (Lipinski definition) is 3. The number of anilines is 2. The highest BCUT2D eigenvalue weighted by atomic mass is 35.5. The maximum atomic E-state index is 12.1. The lowest BCUT2D eigenvalue weighted by Gasteiger charge is -2.06. The number of thioether (sulfide) groups is 1. The van der Waals surface area contributed by atoms with Crippen LogP contribution < -0.4 is 21.3 Å². The average molecular weight is 446 g/mol. The number of carbonyl (C=O) groups excluding carboxylic acids is 1. The second-order valence-electron chi connectivity index (χ2n) is 5.86. The topological polar surface area (TPSA) is 119 Å².